The van der Waals surface area contributed by atoms with Gasteiger partial charge in [-0.2, -0.15) is 4.98 Å². The molecule has 0 radical (unpaired) electrons. The molecule has 0 aliphatic carbocycles. The van der Waals surface area contributed by atoms with Crippen molar-refractivity contribution in [3.63, 3.8) is 0 Å². The third-order valence-corrected chi connectivity index (χ3v) is 3.79. The summed E-state index contributed by atoms with van der Waals surface area (Å²) < 4.78 is 10.2. The van der Waals surface area contributed by atoms with Gasteiger partial charge in [0.25, 0.3) is 5.71 Å². The van der Waals surface area contributed by atoms with Crippen LogP contribution in [0.25, 0.3) is 11.1 Å². The molecule has 1 aromatic carbocycles. The summed E-state index contributed by atoms with van der Waals surface area (Å²) in [7, 11) is 0. The number of hydrogen-bond acceptors (Lipinski definition) is 7. The van der Waals surface area contributed by atoms with Gasteiger partial charge in [-0.25, -0.2) is 9.78 Å². The van der Waals surface area contributed by atoms with Gasteiger partial charge in [-0.15, -0.1) is 0 Å². The Hall–Kier alpha value is -2.67. The lowest BCUT2D eigenvalue weighted by Gasteiger charge is -2.08. The molecule has 0 amide bonds. The first-order valence-corrected chi connectivity index (χ1v) is 8.25. The van der Waals surface area contributed by atoms with E-state index in [9.17, 15) is 4.79 Å². The Balaban J connectivity index is 1.83. The van der Waals surface area contributed by atoms with E-state index in [-0.39, 0.29) is 18.0 Å². The Labute approximate surface area is 149 Å². The topological polar surface area (TPSA) is 90.1 Å². The summed E-state index contributed by atoms with van der Waals surface area (Å²) in [5.41, 5.74) is 1.46. The molecule has 1 N–H and O–H groups in total. The number of hydrogen-bond donors (Lipinski definition) is 1. The molecular formula is C17H17ClN4O3. The maximum atomic E-state index is 12.0. The standard InChI is InChI=1S/C17H17ClN4O3/c1-3-24-17(23)14-13-15(20-10(2)21-16(13)25-22-14)19-9-8-11-4-6-12(18)7-5-11/h4-7H,3,8-9H2,1-2H3,(H,19,20,21). The third kappa shape index (κ3) is 3.88. The SMILES string of the molecule is CCOC(=O)c1noc2nc(C)nc(NCCc3ccc(Cl)cc3)c12. The van der Waals surface area contributed by atoms with Gasteiger partial charge >= 0.3 is 5.97 Å². The van der Waals surface area contributed by atoms with Crippen molar-refractivity contribution in [1.82, 2.24) is 15.1 Å². The Bertz CT molecular complexity index is 893. The number of carbonyl (C=O) groups excluding carboxylic acids is 1. The molecule has 2 heterocycles. The molecule has 8 heteroatoms. The molecule has 0 saturated carbocycles. The number of nitrogens with zero attached hydrogens (tertiary/aromatic N) is 3. The lowest BCUT2D eigenvalue weighted by Crippen LogP contribution is -2.10. The van der Waals surface area contributed by atoms with E-state index in [0.717, 1.165) is 12.0 Å². The quantitative estimate of drug-likeness (QED) is 0.673. The van der Waals surface area contributed by atoms with Crippen molar-refractivity contribution in [3.8, 4) is 0 Å². The van der Waals surface area contributed by atoms with Crippen molar-refractivity contribution in [2.45, 2.75) is 20.3 Å². The zero-order chi connectivity index (χ0) is 17.8. The van der Waals surface area contributed by atoms with E-state index < -0.39 is 5.97 Å². The summed E-state index contributed by atoms with van der Waals surface area (Å²) in [6, 6.07) is 7.63. The minimum atomic E-state index is -0.561. The number of carbonyl (C=O) groups is 1. The van der Waals surface area contributed by atoms with Crippen LogP contribution in [0.2, 0.25) is 5.02 Å². The highest BCUT2D eigenvalue weighted by atomic mass is 35.5. The van der Waals surface area contributed by atoms with Gasteiger partial charge in [-0.1, -0.05) is 28.9 Å². The zero-order valence-electron chi connectivity index (χ0n) is 13.9. The molecule has 0 saturated heterocycles. The number of aromatic nitrogens is 3. The summed E-state index contributed by atoms with van der Waals surface area (Å²) in [5, 5.41) is 8.14. The van der Waals surface area contributed by atoms with Crippen molar-refractivity contribution < 1.29 is 14.1 Å². The minimum Gasteiger partial charge on any atom is -0.461 e. The van der Waals surface area contributed by atoms with Gasteiger partial charge in [0.1, 0.15) is 17.0 Å². The monoisotopic (exact) mass is 360 g/mol. The number of esters is 1. The number of aryl methyl sites for hydroxylation is 1. The zero-order valence-corrected chi connectivity index (χ0v) is 14.6. The highest BCUT2D eigenvalue weighted by Gasteiger charge is 2.22. The van der Waals surface area contributed by atoms with Crippen LogP contribution in [0.1, 0.15) is 28.8 Å². The molecule has 3 aromatic rings. The Kier molecular flexibility index (Phi) is 5.14. The van der Waals surface area contributed by atoms with Crippen molar-refractivity contribution in [3.05, 3.63) is 46.4 Å². The number of rotatable bonds is 6. The fourth-order valence-corrected chi connectivity index (χ4v) is 2.53. The molecule has 0 spiro atoms. The lowest BCUT2D eigenvalue weighted by molar-refractivity contribution is 0.0517. The third-order valence-electron chi connectivity index (χ3n) is 3.54. The van der Waals surface area contributed by atoms with Gasteiger partial charge in [0.15, 0.2) is 0 Å². The molecule has 0 fully saturated rings. The number of ether oxygens (including phenoxy) is 1. The summed E-state index contributed by atoms with van der Waals surface area (Å²) in [4.78, 5) is 20.6. The van der Waals surface area contributed by atoms with Gasteiger partial charge < -0.3 is 14.6 Å². The maximum absolute atomic E-state index is 12.0. The molecule has 7 nitrogen and oxygen atoms in total. The van der Waals surface area contributed by atoms with Gasteiger partial charge in [-0.3, -0.25) is 0 Å². The first-order valence-electron chi connectivity index (χ1n) is 7.88. The fraction of sp³-hybridized carbons (Fsp3) is 0.294. The van der Waals surface area contributed by atoms with E-state index in [1.54, 1.807) is 13.8 Å². The fourth-order valence-electron chi connectivity index (χ4n) is 2.40. The van der Waals surface area contributed by atoms with Gasteiger partial charge in [0, 0.05) is 11.6 Å². The molecular weight excluding hydrogens is 344 g/mol. The number of fused-ring (bicyclic) bond motifs is 1. The second kappa shape index (κ2) is 7.48. The van der Waals surface area contributed by atoms with Crippen molar-refractivity contribution in [2.75, 3.05) is 18.5 Å². The molecule has 0 aliphatic heterocycles. The van der Waals surface area contributed by atoms with Crippen LogP contribution >= 0.6 is 11.6 Å². The van der Waals surface area contributed by atoms with E-state index in [1.165, 1.54) is 0 Å². The number of halogens is 1. The van der Waals surface area contributed by atoms with Crippen LogP contribution < -0.4 is 5.32 Å². The van der Waals surface area contributed by atoms with Crippen LogP contribution in [0, 0.1) is 6.92 Å². The minimum absolute atomic E-state index is 0.0749. The number of anilines is 1. The van der Waals surface area contributed by atoms with E-state index in [0.29, 0.717) is 28.6 Å². The summed E-state index contributed by atoms with van der Waals surface area (Å²) >= 11 is 5.89. The van der Waals surface area contributed by atoms with Crippen molar-refractivity contribution >= 4 is 34.5 Å². The van der Waals surface area contributed by atoms with E-state index in [2.05, 4.69) is 20.4 Å². The Morgan fingerprint density at radius 2 is 2.04 bits per heavy atom. The van der Waals surface area contributed by atoms with Crippen LogP contribution in [-0.2, 0) is 11.2 Å². The first-order chi connectivity index (χ1) is 12.1. The van der Waals surface area contributed by atoms with Crippen molar-refractivity contribution in [2.24, 2.45) is 0 Å². The molecule has 0 aliphatic rings. The smallest absolute Gasteiger partial charge is 0.361 e. The maximum Gasteiger partial charge on any atom is 0.361 e. The average Bonchev–Trinajstić information content (AvgIpc) is 3.00. The summed E-state index contributed by atoms with van der Waals surface area (Å²) in [5.74, 6) is 0.461. The van der Waals surface area contributed by atoms with Gasteiger partial charge in [0.2, 0.25) is 5.69 Å². The molecule has 0 unspecified atom stereocenters. The average molecular weight is 361 g/mol. The van der Waals surface area contributed by atoms with Crippen LogP contribution in [0.5, 0.6) is 0 Å². The Morgan fingerprint density at radius 3 is 2.76 bits per heavy atom. The summed E-state index contributed by atoms with van der Waals surface area (Å²) in [6.45, 7) is 4.34. The predicted molar refractivity (Wildman–Crippen MR) is 93.9 cm³/mol. The molecule has 25 heavy (non-hydrogen) atoms. The van der Waals surface area contributed by atoms with Crippen LogP contribution in [0.3, 0.4) is 0 Å². The normalized spacial score (nSPS) is 10.8. The largest absolute Gasteiger partial charge is 0.461 e. The Morgan fingerprint density at radius 1 is 1.28 bits per heavy atom. The van der Waals surface area contributed by atoms with Crippen LogP contribution in [0.4, 0.5) is 5.82 Å². The van der Waals surface area contributed by atoms with Crippen LogP contribution in [0.15, 0.2) is 28.8 Å². The molecule has 0 atom stereocenters. The van der Waals surface area contributed by atoms with E-state index in [1.807, 2.05) is 24.3 Å². The molecule has 130 valence electrons. The van der Waals surface area contributed by atoms with Crippen molar-refractivity contribution in [1.29, 1.82) is 0 Å². The number of benzene rings is 1. The van der Waals surface area contributed by atoms with E-state index in [4.69, 9.17) is 20.9 Å². The summed E-state index contributed by atoms with van der Waals surface area (Å²) in [6.07, 6.45) is 0.766. The van der Waals surface area contributed by atoms with E-state index >= 15 is 0 Å². The second-order valence-electron chi connectivity index (χ2n) is 5.35. The molecule has 3 rings (SSSR count). The molecule has 2 aromatic heterocycles. The number of nitrogens with one attached hydrogen (secondary N) is 1. The predicted octanol–water partition coefficient (Wildman–Crippen LogP) is 3.41. The van der Waals surface area contributed by atoms with Gasteiger partial charge in [0.05, 0.1) is 6.61 Å². The van der Waals surface area contributed by atoms with Gasteiger partial charge in [-0.05, 0) is 38.0 Å². The molecule has 0 bridgehead atoms. The first kappa shape index (κ1) is 17.2. The highest BCUT2D eigenvalue weighted by molar-refractivity contribution is 6.30. The van der Waals surface area contributed by atoms with Crippen LogP contribution in [-0.4, -0.2) is 34.2 Å². The lowest BCUT2D eigenvalue weighted by atomic mass is 10.1. The highest BCUT2D eigenvalue weighted by Crippen LogP contribution is 2.25. The second-order valence-corrected chi connectivity index (χ2v) is 5.79.